The predicted octanol–water partition coefficient (Wildman–Crippen LogP) is 4.00. The highest BCUT2D eigenvalue weighted by Gasteiger charge is 2.34. The van der Waals surface area contributed by atoms with E-state index >= 15 is 0 Å². The number of anilines is 1. The summed E-state index contributed by atoms with van der Waals surface area (Å²) < 4.78 is 38.4. The number of rotatable bonds is 8. The van der Waals surface area contributed by atoms with E-state index in [0.717, 1.165) is 24.5 Å². The molecular formula is C23H25ClFN5O3S. The zero-order valence-electron chi connectivity index (χ0n) is 18.9. The van der Waals surface area contributed by atoms with E-state index in [-0.39, 0.29) is 16.8 Å². The van der Waals surface area contributed by atoms with Crippen LogP contribution in [0, 0.1) is 11.7 Å². The fraction of sp³-hybridized carbons (Fsp3) is 0.348. The topological polar surface area (TPSA) is 106 Å². The molecule has 3 aromatic rings. The number of aromatic nitrogens is 3. The lowest BCUT2D eigenvalue weighted by molar-refractivity contribution is 0.0944. The van der Waals surface area contributed by atoms with Crippen LogP contribution in [-0.4, -0.2) is 41.4 Å². The minimum absolute atomic E-state index is 0.0873. The number of aryl methyl sites for hydroxylation is 1. The Morgan fingerprint density at radius 1 is 1.35 bits per heavy atom. The van der Waals surface area contributed by atoms with Crippen LogP contribution in [0.2, 0.25) is 5.02 Å². The Morgan fingerprint density at radius 2 is 2.09 bits per heavy atom. The lowest BCUT2D eigenvalue weighted by Crippen LogP contribution is -2.32. The molecule has 2 N–H and O–H groups in total. The van der Waals surface area contributed by atoms with Crippen LogP contribution in [0.1, 0.15) is 41.9 Å². The van der Waals surface area contributed by atoms with Gasteiger partial charge in [0, 0.05) is 31.0 Å². The summed E-state index contributed by atoms with van der Waals surface area (Å²) in [4.78, 5) is 17.3. The van der Waals surface area contributed by atoms with E-state index in [0.29, 0.717) is 28.1 Å². The van der Waals surface area contributed by atoms with Gasteiger partial charge in [-0.2, -0.15) is 5.10 Å². The summed E-state index contributed by atoms with van der Waals surface area (Å²) in [7, 11) is -1.56. The Hall–Kier alpha value is -2.98. The summed E-state index contributed by atoms with van der Waals surface area (Å²) in [5.74, 6) is -0.635. The largest absolute Gasteiger partial charge is 0.375 e. The monoisotopic (exact) mass is 505 g/mol. The molecule has 2 aromatic heterocycles. The Morgan fingerprint density at radius 3 is 2.76 bits per heavy atom. The normalized spacial score (nSPS) is 16.0. The zero-order valence-corrected chi connectivity index (χ0v) is 20.5. The molecule has 0 bridgehead atoms. The van der Waals surface area contributed by atoms with Crippen molar-refractivity contribution < 1.29 is 17.6 Å². The molecule has 1 amide bonds. The number of sulfone groups is 1. The van der Waals surface area contributed by atoms with Crippen LogP contribution < -0.4 is 10.6 Å². The Kier molecular flexibility index (Phi) is 6.64. The number of nitrogens with one attached hydrogen (secondary N) is 2. The Balaban J connectivity index is 1.65. The van der Waals surface area contributed by atoms with Gasteiger partial charge in [0.05, 0.1) is 28.3 Å². The smallest absolute Gasteiger partial charge is 0.271 e. The van der Waals surface area contributed by atoms with Gasteiger partial charge in [0.2, 0.25) is 0 Å². The second-order valence-corrected chi connectivity index (χ2v) is 10.9. The van der Waals surface area contributed by atoms with Gasteiger partial charge in [0.25, 0.3) is 5.91 Å². The predicted molar refractivity (Wildman–Crippen MR) is 130 cm³/mol. The Bertz CT molecular complexity index is 1380. The molecule has 0 unspecified atom stereocenters. The molecular weight excluding hydrogens is 481 g/mol. The van der Waals surface area contributed by atoms with Gasteiger partial charge < -0.3 is 10.6 Å². The molecule has 11 heteroatoms. The summed E-state index contributed by atoms with van der Waals surface area (Å²) in [6, 6.07) is 4.01. The minimum atomic E-state index is -3.30. The van der Waals surface area contributed by atoms with E-state index in [2.05, 4.69) is 20.7 Å². The van der Waals surface area contributed by atoms with Crippen molar-refractivity contribution in [1.82, 2.24) is 20.1 Å². The number of nitrogens with zero attached hydrogens (tertiary/aromatic N) is 3. The number of carbonyl (C=O) groups is 1. The third-order valence-corrected chi connectivity index (χ3v) is 6.62. The summed E-state index contributed by atoms with van der Waals surface area (Å²) in [6.07, 6.45) is 7.68. The first-order chi connectivity index (χ1) is 16.0. The number of hydrogen-bond acceptors (Lipinski definition) is 6. The number of carbonyl (C=O) groups excluding carboxylic acids is 1. The lowest BCUT2D eigenvalue weighted by Gasteiger charge is -2.22. The number of fused-ring (bicyclic) bond motifs is 1. The molecule has 0 spiro atoms. The maximum Gasteiger partial charge on any atom is 0.271 e. The second-order valence-electron chi connectivity index (χ2n) is 8.61. The minimum Gasteiger partial charge on any atom is -0.375 e. The van der Waals surface area contributed by atoms with Crippen molar-refractivity contribution in [3.63, 3.8) is 0 Å². The molecule has 180 valence electrons. The molecule has 1 aliphatic carbocycles. The highest BCUT2D eigenvalue weighted by atomic mass is 35.5. The van der Waals surface area contributed by atoms with E-state index in [4.69, 9.17) is 11.6 Å². The van der Waals surface area contributed by atoms with Gasteiger partial charge in [-0.25, -0.2) is 17.8 Å². The van der Waals surface area contributed by atoms with E-state index in [1.807, 2.05) is 0 Å². The van der Waals surface area contributed by atoms with E-state index < -0.39 is 27.6 Å². The second kappa shape index (κ2) is 9.34. The molecule has 0 aliphatic heterocycles. The molecule has 4 rings (SSSR count). The number of pyridine rings is 1. The molecule has 34 heavy (non-hydrogen) atoms. The van der Waals surface area contributed by atoms with Crippen LogP contribution in [0.3, 0.4) is 0 Å². The molecule has 0 radical (unpaired) electrons. The molecule has 1 aliphatic rings. The molecule has 8 nitrogen and oxygen atoms in total. The first kappa shape index (κ1) is 24.2. The third kappa shape index (κ3) is 5.39. The van der Waals surface area contributed by atoms with Crippen molar-refractivity contribution in [2.75, 3.05) is 11.6 Å². The van der Waals surface area contributed by atoms with Crippen LogP contribution in [0.15, 0.2) is 42.1 Å². The summed E-state index contributed by atoms with van der Waals surface area (Å²) in [5, 5.41) is 12.3. The van der Waals surface area contributed by atoms with Gasteiger partial charge in [0.1, 0.15) is 17.0 Å². The zero-order chi connectivity index (χ0) is 24.6. The van der Waals surface area contributed by atoms with Crippen molar-refractivity contribution in [3.05, 3.63) is 64.2 Å². The highest BCUT2D eigenvalue weighted by molar-refractivity contribution is 7.93. The van der Waals surface area contributed by atoms with Crippen molar-refractivity contribution in [2.24, 2.45) is 13.0 Å². The van der Waals surface area contributed by atoms with Gasteiger partial charge in [-0.1, -0.05) is 29.8 Å². The van der Waals surface area contributed by atoms with E-state index in [1.54, 1.807) is 37.0 Å². The van der Waals surface area contributed by atoms with Crippen LogP contribution in [-0.2, 0) is 16.9 Å². The number of halogens is 2. The maximum absolute atomic E-state index is 14.1. The van der Waals surface area contributed by atoms with Crippen molar-refractivity contribution >= 4 is 43.9 Å². The van der Waals surface area contributed by atoms with Crippen molar-refractivity contribution in [3.8, 4) is 0 Å². The fourth-order valence-electron chi connectivity index (χ4n) is 3.80. The fourth-order valence-corrected chi connectivity index (χ4v) is 4.56. The van der Waals surface area contributed by atoms with Crippen molar-refractivity contribution in [2.45, 2.75) is 31.8 Å². The van der Waals surface area contributed by atoms with Gasteiger partial charge in [-0.15, -0.1) is 0 Å². The average molecular weight is 506 g/mol. The molecule has 2 heterocycles. The van der Waals surface area contributed by atoms with Gasteiger partial charge in [-0.3, -0.25) is 9.48 Å². The quantitative estimate of drug-likeness (QED) is 0.479. The lowest BCUT2D eigenvalue weighted by atomic mass is 10.0. The summed E-state index contributed by atoms with van der Waals surface area (Å²) in [6.45, 7) is 1.67. The first-order valence-electron chi connectivity index (χ1n) is 10.8. The summed E-state index contributed by atoms with van der Waals surface area (Å²) in [5.41, 5.74) is 1.98. The molecule has 1 saturated carbocycles. The van der Waals surface area contributed by atoms with Crippen molar-refractivity contribution in [1.29, 1.82) is 0 Å². The molecule has 1 aromatic carbocycles. The first-order valence-corrected chi connectivity index (χ1v) is 13.1. The molecule has 2 atom stereocenters. The molecule has 1 fully saturated rings. The van der Waals surface area contributed by atoms with Crippen LogP contribution >= 0.6 is 11.6 Å². The number of hydrogen-bond donors (Lipinski definition) is 2. The van der Waals surface area contributed by atoms with Crippen LogP contribution in [0.25, 0.3) is 10.9 Å². The van der Waals surface area contributed by atoms with Gasteiger partial charge >= 0.3 is 0 Å². The SMILES string of the molecule is C[C@H](/C=C/S(C)(=O)=O)NC(=O)c1ncc(N[C@H](c2cccc(F)c2Cl)C2CC2)c2nn(C)cc12. The van der Waals surface area contributed by atoms with Crippen LogP contribution in [0.5, 0.6) is 0 Å². The molecule has 0 saturated heterocycles. The maximum atomic E-state index is 14.1. The van der Waals surface area contributed by atoms with Gasteiger partial charge in [0.15, 0.2) is 9.84 Å². The third-order valence-electron chi connectivity index (χ3n) is 5.57. The number of benzene rings is 1. The van der Waals surface area contributed by atoms with Gasteiger partial charge in [-0.05, 0) is 37.3 Å². The highest BCUT2D eigenvalue weighted by Crippen LogP contribution is 2.45. The average Bonchev–Trinajstić information content (AvgIpc) is 3.52. The standard InChI is InChI=1S/C23H25ClFN5O3S/c1-13(9-10-34(3,32)33)27-23(31)22-16-12-30(2)29-21(16)18(11-26-22)28-20(14-7-8-14)15-5-4-6-17(25)19(15)24/h4-6,9-14,20,28H,7-8H2,1-3H3,(H,27,31)/b10-9+/t13-,20+/m1/s1. The van der Waals surface area contributed by atoms with E-state index in [9.17, 15) is 17.6 Å². The van der Waals surface area contributed by atoms with E-state index in [1.165, 1.54) is 18.3 Å². The summed E-state index contributed by atoms with van der Waals surface area (Å²) >= 11 is 6.27. The van der Waals surface area contributed by atoms with Crippen LogP contribution in [0.4, 0.5) is 10.1 Å². The number of amides is 1. The Labute approximate surface area is 202 Å².